The number of fused-ring (bicyclic) bond motifs is 1. The molecule has 3 aromatic rings. The smallest absolute Gasteiger partial charge is 0.225 e. The molecule has 4 heteroatoms. The van der Waals surface area contributed by atoms with Crippen molar-refractivity contribution < 1.29 is 13.9 Å². The van der Waals surface area contributed by atoms with Crippen LogP contribution in [-0.4, -0.2) is 13.0 Å². The Morgan fingerprint density at radius 3 is 2.64 bits per heavy atom. The average molecular weight is 337 g/mol. The Kier molecular flexibility index (Phi) is 5.08. The van der Waals surface area contributed by atoms with E-state index in [4.69, 9.17) is 9.15 Å². The van der Waals surface area contributed by atoms with Crippen LogP contribution in [0.25, 0.3) is 11.0 Å². The number of methoxy groups -OCH3 is 1. The molecular formula is C21H23NO3. The second-order valence-electron chi connectivity index (χ2n) is 6.18. The van der Waals surface area contributed by atoms with Crippen LogP contribution in [0.2, 0.25) is 0 Å². The molecule has 1 atom stereocenters. The summed E-state index contributed by atoms with van der Waals surface area (Å²) in [4.78, 5) is 12.4. The molecule has 0 saturated carbocycles. The van der Waals surface area contributed by atoms with Crippen LogP contribution in [0, 0.1) is 0 Å². The van der Waals surface area contributed by atoms with E-state index in [9.17, 15) is 4.79 Å². The van der Waals surface area contributed by atoms with Gasteiger partial charge in [0.15, 0.2) is 0 Å². The Morgan fingerprint density at radius 1 is 1.20 bits per heavy atom. The van der Waals surface area contributed by atoms with Crippen LogP contribution in [0.4, 0.5) is 0 Å². The SMILES string of the molecule is CCc1ccc(C(C)NC(=O)Cc2coc3cc(OC)ccc23)cc1. The van der Waals surface area contributed by atoms with Crippen LogP contribution < -0.4 is 10.1 Å². The second-order valence-corrected chi connectivity index (χ2v) is 6.18. The molecule has 0 aliphatic rings. The van der Waals surface area contributed by atoms with Crippen molar-refractivity contribution in [3.63, 3.8) is 0 Å². The highest BCUT2D eigenvalue weighted by molar-refractivity contribution is 5.88. The van der Waals surface area contributed by atoms with Crippen LogP contribution >= 0.6 is 0 Å². The first-order valence-corrected chi connectivity index (χ1v) is 8.53. The van der Waals surface area contributed by atoms with Crippen LogP contribution in [-0.2, 0) is 17.6 Å². The largest absolute Gasteiger partial charge is 0.497 e. The summed E-state index contributed by atoms with van der Waals surface area (Å²) >= 11 is 0. The second kappa shape index (κ2) is 7.43. The topological polar surface area (TPSA) is 51.5 Å². The van der Waals surface area contributed by atoms with E-state index in [1.54, 1.807) is 13.4 Å². The van der Waals surface area contributed by atoms with Crippen LogP contribution in [0.1, 0.15) is 36.6 Å². The number of rotatable bonds is 6. The van der Waals surface area contributed by atoms with Gasteiger partial charge in [-0.1, -0.05) is 31.2 Å². The predicted molar refractivity (Wildman–Crippen MR) is 98.8 cm³/mol. The summed E-state index contributed by atoms with van der Waals surface area (Å²) in [5.41, 5.74) is 4.00. The molecule has 1 amide bonds. The third-order valence-electron chi connectivity index (χ3n) is 4.48. The van der Waals surface area contributed by atoms with E-state index < -0.39 is 0 Å². The van der Waals surface area contributed by atoms with Gasteiger partial charge < -0.3 is 14.5 Å². The number of ether oxygens (including phenoxy) is 1. The number of nitrogens with one attached hydrogen (secondary N) is 1. The number of furan rings is 1. The molecule has 0 saturated heterocycles. The van der Waals surface area contributed by atoms with Gasteiger partial charge in [-0.25, -0.2) is 0 Å². The van der Waals surface area contributed by atoms with Gasteiger partial charge in [-0.2, -0.15) is 0 Å². The summed E-state index contributed by atoms with van der Waals surface area (Å²) in [6.07, 6.45) is 2.94. The molecule has 0 radical (unpaired) electrons. The number of amides is 1. The lowest BCUT2D eigenvalue weighted by Gasteiger charge is -2.14. The van der Waals surface area contributed by atoms with Gasteiger partial charge >= 0.3 is 0 Å². The normalized spacial score (nSPS) is 12.1. The first-order valence-electron chi connectivity index (χ1n) is 8.53. The highest BCUT2D eigenvalue weighted by Gasteiger charge is 2.14. The minimum Gasteiger partial charge on any atom is -0.497 e. The highest BCUT2D eigenvalue weighted by atomic mass is 16.5. The molecule has 4 nitrogen and oxygen atoms in total. The molecule has 0 spiro atoms. The number of benzene rings is 2. The molecule has 1 heterocycles. The summed E-state index contributed by atoms with van der Waals surface area (Å²) < 4.78 is 10.7. The summed E-state index contributed by atoms with van der Waals surface area (Å²) in [5, 5.41) is 3.99. The lowest BCUT2D eigenvalue weighted by Crippen LogP contribution is -2.28. The zero-order valence-electron chi connectivity index (χ0n) is 14.8. The van der Waals surface area contributed by atoms with Crippen molar-refractivity contribution in [2.45, 2.75) is 32.7 Å². The Bertz CT molecular complexity index is 864. The van der Waals surface area contributed by atoms with E-state index >= 15 is 0 Å². The van der Waals surface area contributed by atoms with Gasteiger partial charge in [0.1, 0.15) is 11.3 Å². The van der Waals surface area contributed by atoms with Gasteiger partial charge in [-0.3, -0.25) is 4.79 Å². The molecule has 0 aliphatic carbocycles. The maximum atomic E-state index is 12.4. The van der Waals surface area contributed by atoms with Crippen molar-refractivity contribution in [2.24, 2.45) is 0 Å². The van der Waals surface area contributed by atoms with E-state index in [-0.39, 0.29) is 18.4 Å². The quantitative estimate of drug-likeness (QED) is 0.724. The lowest BCUT2D eigenvalue weighted by atomic mass is 10.0. The summed E-state index contributed by atoms with van der Waals surface area (Å²) in [5.74, 6) is 0.715. The molecule has 0 aliphatic heterocycles. The van der Waals surface area contributed by atoms with Crippen molar-refractivity contribution in [3.05, 3.63) is 65.4 Å². The Morgan fingerprint density at radius 2 is 1.96 bits per heavy atom. The minimum absolute atomic E-state index is 0.0226. The number of carbonyl (C=O) groups is 1. The number of aryl methyl sites for hydroxylation is 1. The zero-order chi connectivity index (χ0) is 17.8. The van der Waals surface area contributed by atoms with Gasteiger partial charge in [0.25, 0.3) is 0 Å². The molecule has 130 valence electrons. The standard InChI is InChI=1S/C21H23NO3/c1-4-15-5-7-16(8-6-15)14(2)22-21(23)11-17-13-25-20-12-18(24-3)9-10-19(17)20/h5-10,12-14H,4,11H2,1-3H3,(H,22,23). The first kappa shape index (κ1) is 17.1. The monoisotopic (exact) mass is 337 g/mol. The highest BCUT2D eigenvalue weighted by Crippen LogP contribution is 2.26. The van der Waals surface area contributed by atoms with Crippen LogP contribution in [0.5, 0.6) is 5.75 Å². The van der Waals surface area contributed by atoms with E-state index in [2.05, 4.69) is 36.5 Å². The Hall–Kier alpha value is -2.75. The maximum absolute atomic E-state index is 12.4. The van der Waals surface area contributed by atoms with Crippen molar-refractivity contribution >= 4 is 16.9 Å². The molecule has 2 aromatic carbocycles. The summed E-state index contributed by atoms with van der Waals surface area (Å²) in [6.45, 7) is 4.13. The van der Waals surface area contributed by atoms with Crippen LogP contribution in [0.3, 0.4) is 0 Å². The maximum Gasteiger partial charge on any atom is 0.225 e. The van der Waals surface area contributed by atoms with Crippen molar-refractivity contribution in [1.82, 2.24) is 5.32 Å². The lowest BCUT2D eigenvalue weighted by molar-refractivity contribution is -0.121. The van der Waals surface area contributed by atoms with E-state index in [0.29, 0.717) is 0 Å². The van der Waals surface area contributed by atoms with E-state index in [1.807, 2.05) is 25.1 Å². The molecule has 0 fully saturated rings. The Balaban J connectivity index is 1.67. The van der Waals surface area contributed by atoms with Gasteiger partial charge in [-0.15, -0.1) is 0 Å². The zero-order valence-corrected chi connectivity index (χ0v) is 14.8. The van der Waals surface area contributed by atoms with Gasteiger partial charge in [0.05, 0.1) is 25.8 Å². The molecule has 1 unspecified atom stereocenters. The third-order valence-corrected chi connectivity index (χ3v) is 4.48. The fraction of sp³-hybridized carbons (Fsp3) is 0.286. The molecular weight excluding hydrogens is 314 g/mol. The van der Waals surface area contributed by atoms with Crippen LogP contribution in [0.15, 0.2) is 53.1 Å². The average Bonchev–Trinajstić information content (AvgIpc) is 3.03. The molecule has 3 rings (SSSR count). The number of hydrogen-bond donors (Lipinski definition) is 1. The van der Waals surface area contributed by atoms with Crippen molar-refractivity contribution in [1.29, 1.82) is 0 Å². The van der Waals surface area contributed by atoms with Crippen molar-refractivity contribution in [2.75, 3.05) is 7.11 Å². The predicted octanol–water partition coefficient (Wildman–Crippen LogP) is 4.42. The third kappa shape index (κ3) is 3.85. The van der Waals surface area contributed by atoms with Gasteiger partial charge in [0.2, 0.25) is 5.91 Å². The number of hydrogen-bond acceptors (Lipinski definition) is 3. The molecule has 1 N–H and O–H groups in total. The minimum atomic E-state index is -0.0309. The molecule has 0 bridgehead atoms. The van der Waals surface area contributed by atoms with E-state index in [1.165, 1.54) is 5.56 Å². The fourth-order valence-corrected chi connectivity index (χ4v) is 2.92. The fourth-order valence-electron chi connectivity index (χ4n) is 2.92. The van der Waals surface area contributed by atoms with E-state index in [0.717, 1.165) is 34.3 Å². The Labute approximate surface area is 147 Å². The number of carbonyl (C=O) groups excluding carboxylic acids is 1. The van der Waals surface area contributed by atoms with Crippen molar-refractivity contribution in [3.8, 4) is 5.75 Å². The molecule has 1 aromatic heterocycles. The summed E-state index contributed by atoms with van der Waals surface area (Å²) in [7, 11) is 1.62. The van der Waals surface area contributed by atoms with Gasteiger partial charge in [0, 0.05) is 17.0 Å². The first-order chi connectivity index (χ1) is 12.1. The van der Waals surface area contributed by atoms with Gasteiger partial charge in [-0.05, 0) is 36.6 Å². The molecule has 25 heavy (non-hydrogen) atoms. The summed E-state index contributed by atoms with van der Waals surface area (Å²) in [6, 6.07) is 14.0.